The molecule has 0 fully saturated rings. The highest BCUT2D eigenvalue weighted by molar-refractivity contribution is 7.80. The van der Waals surface area contributed by atoms with Crippen LogP contribution in [0.25, 0.3) is 39.3 Å². The van der Waals surface area contributed by atoms with Crippen molar-refractivity contribution < 1.29 is 23.4 Å². The number of hydrogen-bond donors (Lipinski definition) is 2. The number of carbonyl (C=O) groups is 1. The van der Waals surface area contributed by atoms with Crippen LogP contribution in [0, 0.1) is 0 Å². The standard InChI is InChI=1S/C38H31N5O5S/c1-45-29-14-10-24(11-15-29)27-8-9-28(31(18-27)25-12-16-30(46-2)17-13-25)20-47-21-32-33(49)19-34(48-32)43-23-41-35-36(39-22-40-37(35)43)42-38(44)26-6-4-3-5-7-26/h3-19,22-23,49H,20-21H2,1-2H3,(H,39,40,42,44). The van der Waals surface area contributed by atoms with Crippen molar-refractivity contribution in [2.75, 3.05) is 19.5 Å². The molecule has 49 heavy (non-hydrogen) atoms. The van der Waals surface area contributed by atoms with Crippen LogP contribution in [0.4, 0.5) is 5.82 Å². The summed E-state index contributed by atoms with van der Waals surface area (Å²) >= 11 is 4.66. The Labute approximate surface area is 287 Å². The van der Waals surface area contributed by atoms with Gasteiger partial charge in [0.05, 0.1) is 25.7 Å². The summed E-state index contributed by atoms with van der Waals surface area (Å²) in [5.74, 6) is 2.59. The lowest BCUT2D eigenvalue weighted by Gasteiger charge is -2.14. The lowest BCUT2D eigenvalue weighted by Crippen LogP contribution is -2.13. The Morgan fingerprint density at radius 3 is 2.20 bits per heavy atom. The van der Waals surface area contributed by atoms with Crippen molar-refractivity contribution in [1.82, 2.24) is 19.5 Å². The first-order valence-corrected chi connectivity index (χ1v) is 15.8. The number of ether oxygens (including phenoxy) is 3. The summed E-state index contributed by atoms with van der Waals surface area (Å²) in [4.78, 5) is 26.5. The second-order valence-corrected chi connectivity index (χ2v) is 11.5. The molecule has 7 rings (SSSR count). The minimum atomic E-state index is -0.296. The predicted octanol–water partition coefficient (Wildman–Crippen LogP) is 8.02. The molecule has 0 unspecified atom stereocenters. The summed E-state index contributed by atoms with van der Waals surface area (Å²) in [7, 11) is 3.31. The Morgan fingerprint density at radius 2 is 1.49 bits per heavy atom. The molecular weight excluding hydrogens is 639 g/mol. The lowest BCUT2D eigenvalue weighted by atomic mass is 9.94. The Hall–Kier alpha value is -5.91. The maximum Gasteiger partial charge on any atom is 0.256 e. The van der Waals surface area contributed by atoms with E-state index in [2.05, 4.69) is 51.1 Å². The fraction of sp³-hybridized carbons (Fsp3) is 0.105. The van der Waals surface area contributed by atoms with E-state index >= 15 is 0 Å². The molecule has 3 aromatic heterocycles. The maximum atomic E-state index is 12.8. The van der Waals surface area contributed by atoms with E-state index < -0.39 is 0 Å². The third-order valence-corrected chi connectivity index (χ3v) is 8.42. The van der Waals surface area contributed by atoms with Crippen molar-refractivity contribution in [3.63, 3.8) is 0 Å². The van der Waals surface area contributed by atoms with Crippen molar-refractivity contribution in [3.8, 4) is 39.6 Å². The van der Waals surface area contributed by atoms with E-state index in [0.717, 1.165) is 39.3 Å². The largest absolute Gasteiger partial charge is 0.497 e. The molecule has 7 aromatic rings. The molecule has 0 radical (unpaired) electrons. The molecule has 3 heterocycles. The van der Waals surface area contributed by atoms with Gasteiger partial charge in [0, 0.05) is 11.6 Å². The number of imidazole rings is 1. The van der Waals surface area contributed by atoms with E-state index in [1.165, 1.54) is 6.33 Å². The van der Waals surface area contributed by atoms with Crippen molar-refractivity contribution >= 4 is 35.5 Å². The summed E-state index contributed by atoms with van der Waals surface area (Å²) in [5.41, 5.74) is 6.64. The van der Waals surface area contributed by atoms with Crippen LogP contribution >= 0.6 is 12.6 Å². The average Bonchev–Trinajstić information content (AvgIpc) is 3.75. The van der Waals surface area contributed by atoms with Crippen molar-refractivity contribution in [3.05, 3.63) is 133 Å². The van der Waals surface area contributed by atoms with Gasteiger partial charge in [-0.2, -0.15) is 0 Å². The van der Waals surface area contributed by atoms with E-state index in [9.17, 15) is 4.79 Å². The number of amides is 1. The highest BCUT2D eigenvalue weighted by atomic mass is 32.1. The van der Waals surface area contributed by atoms with E-state index in [1.807, 2.05) is 54.6 Å². The summed E-state index contributed by atoms with van der Waals surface area (Å²) in [6.07, 6.45) is 2.94. The van der Waals surface area contributed by atoms with Gasteiger partial charge in [0.2, 0.25) is 5.88 Å². The third kappa shape index (κ3) is 6.75. The fourth-order valence-electron chi connectivity index (χ4n) is 5.44. The molecule has 10 nitrogen and oxygen atoms in total. The first kappa shape index (κ1) is 31.7. The van der Waals surface area contributed by atoms with E-state index in [4.69, 9.17) is 18.6 Å². The minimum absolute atomic E-state index is 0.182. The zero-order valence-electron chi connectivity index (χ0n) is 26.7. The number of anilines is 1. The van der Waals surface area contributed by atoms with Crippen LogP contribution in [0.15, 0.2) is 125 Å². The number of nitrogens with zero attached hydrogens (tertiary/aromatic N) is 4. The zero-order valence-corrected chi connectivity index (χ0v) is 27.6. The highest BCUT2D eigenvalue weighted by Crippen LogP contribution is 2.33. The van der Waals surface area contributed by atoms with E-state index in [1.54, 1.807) is 55.4 Å². The molecule has 0 atom stereocenters. The molecule has 1 amide bonds. The molecule has 11 heteroatoms. The van der Waals surface area contributed by atoms with Gasteiger partial charge in [0.1, 0.15) is 36.5 Å². The first-order chi connectivity index (χ1) is 24.0. The van der Waals surface area contributed by atoms with Crippen molar-refractivity contribution in [1.29, 1.82) is 0 Å². The number of hydrogen-bond acceptors (Lipinski definition) is 9. The molecular formula is C38H31N5O5S. The molecule has 1 N–H and O–H groups in total. The summed E-state index contributed by atoms with van der Waals surface area (Å²) in [6.45, 7) is 0.514. The molecule has 0 aliphatic rings. The van der Waals surface area contributed by atoms with Crippen LogP contribution < -0.4 is 14.8 Å². The van der Waals surface area contributed by atoms with Gasteiger partial charge >= 0.3 is 0 Å². The minimum Gasteiger partial charge on any atom is -0.497 e. The van der Waals surface area contributed by atoms with Crippen LogP contribution in [0.3, 0.4) is 0 Å². The van der Waals surface area contributed by atoms with Gasteiger partial charge in [0.25, 0.3) is 5.91 Å². The number of fused-ring (bicyclic) bond motifs is 1. The van der Waals surface area contributed by atoms with Crippen LogP contribution in [-0.4, -0.2) is 39.6 Å². The van der Waals surface area contributed by atoms with Gasteiger partial charge in [-0.1, -0.05) is 54.6 Å². The van der Waals surface area contributed by atoms with Gasteiger partial charge < -0.3 is 23.9 Å². The molecule has 0 aliphatic heterocycles. The predicted molar refractivity (Wildman–Crippen MR) is 189 cm³/mol. The quantitative estimate of drug-likeness (QED) is 0.133. The Bertz CT molecular complexity index is 2230. The summed E-state index contributed by atoms with van der Waals surface area (Å²) in [6, 6.07) is 33.0. The van der Waals surface area contributed by atoms with Crippen LogP contribution in [0.2, 0.25) is 0 Å². The zero-order chi connectivity index (χ0) is 33.7. The first-order valence-electron chi connectivity index (χ1n) is 15.4. The number of thiol groups is 1. The number of rotatable bonds is 11. The smallest absolute Gasteiger partial charge is 0.256 e. The average molecular weight is 670 g/mol. The number of furan rings is 1. The van der Waals surface area contributed by atoms with Gasteiger partial charge in [-0.3, -0.25) is 9.36 Å². The fourth-order valence-corrected chi connectivity index (χ4v) is 5.66. The number of carbonyl (C=O) groups excluding carboxylic acids is 1. The van der Waals surface area contributed by atoms with Gasteiger partial charge in [0.15, 0.2) is 17.0 Å². The highest BCUT2D eigenvalue weighted by Gasteiger charge is 2.18. The molecule has 0 saturated heterocycles. The monoisotopic (exact) mass is 669 g/mol. The number of methoxy groups -OCH3 is 2. The molecule has 0 aliphatic carbocycles. The third-order valence-electron chi connectivity index (χ3n) is 8.04. The van der Waals surface area contributed by atoms with Crippen LogP contribution in [0.5, 0.6) is 11.5 Å². The normalized spacial score (nSPS) is 11.1. The number of benzene rings is 4. The Balaban J connectivity index is 1.10. The van der Waals surface area contributed by atoms with Crippen LogP contribution in [0.1, 0.15) is 21.7 Å². The van der Waals surface area contributed by atoms with Crippen molar-refractivity contribution in [2.45, 2.75) is 18.1 Å². The Morgan fingerprint density at radius 1 is 0.796 bits per heavy atom. The number of aromatic nitrogens is 4. The van der Waals surface area contributed by atoms with E-state index in [0.29, 0.717) is 45.7 Å². The van der Waals surface area contributed by atoms with Gasteiger partial charge in [-0.15, -0.1) is 12.6 Å². The van der Waals surface area contributed by atoms with Gasteiger partial charge in [-0.25, -0.2) is 15.0 Å². The van der Waals surface area contributed by atoms with Crippen molar-refractivity contribution in [2.24, 2.45) is 0 Å². The summed E-state index contributed by atoms with van der Waals surface area (Å²) < 4.78 is 24.8. The molecule has 4 aromatic carbocycles. The molecule has 0 saturated carbocycles. The SMILES string of the molecule is COc1ccc(-c2ccc(COCc3oc(-n4cnc5c(NC(=O)c6ccccc6)ncnc54)cc3S)c(-c3ccc(OC)cc3)c2)cc1. The molecule has 0 bridgehead atoms. The van der Waals surface area contributed by atoms with E-state index in [-0.39, 0.29) is 12.5 Å². The maximum absolute atomic E-state index is 12.8. The Kier molecular flexibility index (Phi) is 9.09. The molecule has 244 valence electrons. The second-order valence-electron chi connectivity index (χ2n) is 11.0. The van der Waals surface area contributed by atoms with Crippen LogP contribution in [-0.2, 0) is 18.0 Å². The topological polar surface area (TPSA) is 114 Å². The number of nitrogens with one attached hydrogen (secondary N) is 1. The lowest BCUT2D eigenvalue weighted by molar-refractivity contribution is 0.0911. The molecule has 0 spiro atoms. The second kappa shape index (κ2) is 14.1. The van der Waals surface area contributed by atoms with Gasteiger partial charge in [-0.05, 0) is 70.3 Å². The summed E-state index contributed by atoms with van der Waals surface area (Å²) in [5, 5.41) is 2.82.